The van der Waals surface area contributed by atoms with Gasteiger partial charge in [0.25, 0.3) is 0 Å². The Bertz CT molecular complexity index is 520. The van der Waals surface area contributed by atoms with Gasteiger partial charge in [0.2, 0.25) is 0 Å². The summed E-state index contributed by atoms with van der Waals surface area (Å²) in [5, 5.41) is 14.3. The zero-order valence-corrected chi connectivity index (χ0v) is 11.7. The average Bonchev–Trinajstić information content (AvgIpc) is 2.93. The molecule has 2 amide bonds. The molecule has 0 bridgehead atoms. The lowest BCUT2D eigenvalue weighted by Gasteiger charge is -2.16. The molecule has 1 aliphatic heterocycles. The minimum atomic E-state index is -0.967. The Hall–Kier alpha value is -2.28. The number of carbonyl (C=O) groups is 2. The van der Waals surface area contributed by atoms with Gasteiger partial charge in [-0.05, 0) is 17.7 Å². The van der Waals surface area contributed by atoms with Crippen molar-refractivity contribution in [3.8, 4) is 5.75 Å². The molecule has 1 fully saturated rings. The second kappa shape index (κ2) is 6.94. The zero-order chi connectivity index (χ0) is 15.2. The van der Waals surface area contributed by atoms with Crippen molar-refractivity contribution in [2.45, 2.75) is 12.6 Å². The Balaban J connectivity index is 1.83. The van der Waals surface area contributed by atoms with E-state index in [-0.39, 0.29) is 13.2 Å². The molecule has 0 saturated carbocycles. The van der Waals surface area contributed by atoms with Gasteiger partial charge in [0.05, 0.1) is 26.4 Å². The maximum absolute atomic E-state index is 11.8. The van der Waals surface area contributed by atoms with Gasteiger partial charge in [0, 0.05) is 6.54 Å². The van der Waals surface area contributed by atoms with Gasteiger partial charge < -0.3 is 25.2 Å². The SMILES string of the molecule is COc1cccc(CNC(=O)NC2COCC2C(=O)O)c1. The Labute approximate surface area is 122 Å². The smallest absolute Gasteiger partial charge is 0.315 e. The monoisotopic (exact) mass is 294 g/mol. The number of carboxylic acid groups (broad SMARTS) is 1. The van der Waals surface area contributed by atoms with Crippen molar-refractivity contribution < 1.29 is 24.2 Å². The lowest BCUT2D eigenvalue weighted by Crippen LogP contribution is -2.47. The number of rotatable bonds is 5. The van der Waals surface area contributed by atoms with Crippen molar-refractivity contribution in [1.82, 2.24) is 10.6 Å². The van der Waals surface area contributed by atoms with Crippen LogP contribution in [0.3, 0.4) is 0 Å². The van der Waals surface area contributed by atoms with Crippen LogP contribution >= 0.6 is 0 Å². The molecule has 3 N–H and O–H groups in total. The summed E-state index contributed by atoms with van der Waals surface area (Å²) in [6.07, 6.45) is 0. The highest BCUT2D eigenvalue weighted by Crippen LogP contribution is 2.14. The maximum atomic E-state index is 11.8. The van der Waals surface area contributed by atoms with Gasteiger partial charge in [-0.15, -0.1) is 0 Å². The molecular formula is C14H18N2O5. The summed E-state index contributed by atoms with van der Waals surface area (Å²) in [5.41, 5.74) is 0.891. The number of carboxylic acids is 1. The van der Waals surface area contributed by atoms with E-state index in [1.54, 1.807) is 7.11 Å². The van der Waals surface area contributed by atoms with E-state index in [9.17, 15) is 9.59 Å². The van der Waals surface area contributed by atoms with Crippen molar-refractivity contribution >= 4 is 12.0 Å². The molecule has 0 aromatic heterocycles. The van der Waals surface area contributed by atoms with E-state index in [1.807, 2.05) is 24.3 Å². The Kier molecular flexibility index (Phi) is 4.99. The van der Waals surface area contributed by atoms with Crippen LogP contribution in [0.2, 0.25) is 0 Å². The second-order valence-electron chi connectivity index (χ2n) is 4.77. The predicted octanol–water partition coefficient (Wildman–Crippen LogP) is 0.594. The van der Waals surface area contributed by atoms with Crippen LogP contribution in [0.4, 0.5) is 4.79 Å². The van der Waals surface area contributed by atoms with Crippen LogP contribution < -0.4 is 15.4 Å². The quantitative estimate of drug-likeness (QED) is 0.738. The summed E-state index contributed by atoms with van der Waals surface area (Å²) in [7, 11) is 1.57. The van der Waals surface area contributed by atoms with E-state index in [0.717, 1.165) is 5.56 Å². The van der Waals surface area contributed by atoms with Crippen LogP contribution in [0.25, 0.3) is 0 Å². The minimum Gasteiger partial charge on any atom is -0.497 e. The molecule has 0 radical (unpaired) electrons. The first kappa shape index (κ1) is 15.1. The fourth-order valence-electron chi connectivity index (χ4n) is 2.12. The second-order valence-corrected chi connectivity index (χ2v) is 4.77. The van der Waals surface area contributed by atoms with Crippen LogP contribution in [0.15, 0.2) is 24.3 Å². The number of methoxy groups -OCH3 is 1. The van der Waals surface area contributed by atoms with Gasteiger partial charge in [-0.25, -0.2) is 4.79 Å². The lowest BCUT2D eigenvalue weighted by molar-refractivity contribution is -0.142. The molecule has 0 spiro atoms. The Morgan fingerprint density at radius 3 is 2.95 bits per heavy atom. The molecule has 1 heterocycles. The largest absolute Gasteiger partial charge is 0.497 e. The number of benzene rings is 1. The predicted molar refractivity (Wildman–Crippen MR) is 74.1 cm³/mol. The first-order chi connectivity index (χ1) is 10.1. The van der Waals surface area contributed by atoms with Crippen molar-refractivity contribution in [2.75, 3.05) is 20.3 Å². The van der Waals surface area contributed by atoms with E-state index in [0.29, 0.717) is 12.3 Å². The fraction of sp³-hybridized carbons (Fsp3) is 0.429. The molecule has 2 rings (SSSR count). The Morgan fingerprint density at radius 2 is 2.24 bits per heavy atom. The number of ether oxygens (including phenoxy) is 2. The van der Waals surface area contributed by atoms with Gasteiger partial charge in [-0.2, -0.15) is 0 Å². The highest BCUT2D eigenvalue weighted by atomic mass is 16.5. The summed E-state index contributed by atoms with van der Waals surface area (Å²) in [5.74, 6) is -0.956. The van der Waals surface area contributed by atoms with E-state index in [4.69, 9.17) is 14.6 Å². The van der Waals surface area contributed by atoms with Crippen molar-refractivity contribution in [2.24, 2.45) is 5.92 Å². The maximum Gasteiger partial charge on any atom is 0.315 e. The van der Waals surface area contributed by atoms with E-state index in [2.05, 4.69) is 10.6 Å². The van der Waals surface area contributed by atoms with Crippen LogP contribution in [0.5, 0.6) is 5.75 Å². The molecule has 7 heteroatoms. The normalized spacial score (nSPS) is 20.8. The first-order valence-electron chi connectivity index (χ1n) is 6.58. The summed E-state index contributed by atoms with van der Waals surface area (Å²) in [6, 6.07) is 6.41. The number of aliphatic carboxylic acids is 1. The third-order valence-electron chi connectivity index (χ3n) is 3.30. The summed E-state index contributed by atoms with van der Waals surface area (Å²) in [6.45, 7) is 0.661. The summed E-state index contributed by atoms with van der Waals surface area (Å²) in [4.78, 5) is 22.8. The standard InChI is InChI=1S/C14H18N2O5/c1-20-10-4-2-3-9(5-10)6-15-14(19)16-12-8-21-7-11(12)13(17)18/h2-5,11-12H,6-8H2,1H3,(H,17,18)(H2,15,16,19). The van der Waals surface area contributed by atoms with Crippen molar-refractivity contribution in [3.63, 3.8) is 0 Å². The van der Waals surface area contributed by atoms with Crippen LogP contribution in [-0.4, -0.2) is 43.5 Å². The molecule has 1 aromatic carbocycles. The molecular weight excluding hydrogens is 276 g/mol. The molecule has 114 valence electrons. The summed E-state index contributed by atoms with van der Waals surface area (Å²) >= 11 is 0. The molecule has 7 nitrogen and oxygen atoms in total. The average molecular weight is 294 g/mol. The van der Waals surface area contributed by atoms with Gasteiger partial charge in [-0.3, -0.25) is 4.79 Å². The number of amides is 2. The topological polar surface area (TPSA) is 96.9 Å². The van der Waals surface area contributed by atoms with Crippen LogP contribution in [0, 0.1) is 5.92 Å². The molecule has 2 atom stereocenters. The van der Waals surface area contributed by atoms with Gasteiger partial charge in [0.1, 0.15) is 11.7 Å². The molecule has 2 unspecified atom stereocenters. The molecule has 21 heavy (non-hydrogen) atoms. The van der Waals surface area contributed by atoms with Gasteiger partial charge in [-0.1, -0.05) is 12.1 Å². The fourth-order valence-corrected chi connectivity index (χ4v) is 2.12. The highest BCUT2D eigenvalue weighted by molar-refractivity contribution is 5.77. The highest BCUT2D eigenvalue weighted by Gasteiger charge is 2.34. The third kappa shape index (κ3) is 4.09. The number of urea groups is 1. The number of carbonyl (C=O) groups excluding carboxylic acids is 1. The van der Waals surface area contributed by atoms with E-state index >= 15 is 0 Å². The van der Waals surface area contributed by atoms with Crippen LogP contribution in [-0.2, 0) is 16.1 Å². The lowest BCUT2D eigenvalue weighted by atomic mass is 10.0. The van der Waals surface area contributed by atoms with Crippen LogP contribution in [0.1, 0.15) is 5.56 Å². The van der Waals surface area contributed by atoms with E-state index < -0.39 is 24.0 Å². The summed E-state index contributed by atoms with van der Waals surface area (Å²) < 4.78 is 10.2. The number of nitrogens with one attached hydrogen (secondary N) is 2. The third-order valence-corrected chi connectivity index (χ3v) is 3.30. The van der Waals surface area contributed by atoms with Gasteiger partial charge >= 0.3 is 12.0 Å². The first-order valence-corrected chi connectivity index (χ1v) is 6.58. The van der Waals surface area contributed by atoms with Gasteiger partial charge in [0.15, 0.2) is 0 Å². The Morgan fingerprint density at radius 1 is 1.43 bits per heavy atom. The minimum absolute atomic E-state index is 0.121. The number of hydrogen-bond acceptors (Lipinski definition) is 4. The molecule has 1 aromatic rings. The molecule has 1 aliphatic rings. The zero-order valence-electron chi connectivity index (χ0n) is 11.7. The molecule has 1 saturated heterocycles. The van der Waals surface area contributed by atoms with E-state index in [1.165, 1.54) is 0 Å². The van der Waals surface area contributed by atoms with Crippen molar-refractivity contribution in [1.29, 1.82) is 0 Å². The molecule has 0 aliphatic carbocycles. The number of hydrogen-bond donors (Lipinski definition) is 3. The van der Waals surface area contributed by atoms with Crippen molar-refractivity contribution in [3.05, 3.63) is 29.8 Å².